The van der Waals surface area contributed by atoms with E-state index in [0.717, 1.165) is 6.42 Å². The van der Waals surface area contributed by atoms with Gasteiger partial charge in [-0.2, -0.15) is 0 Å². The molecule has 1 heteroatoms. The highest BCUT2D eigenvalue weighted by Gasteiger charge is 2.10. The van der Waals surface area contributed by atoms with Crippen molar-refractivity contribution in [3.05, 3.63) is 0 Å². The fourth-order valence-electron chi connectivity index (χ4n) is 0.936. The molecule has 0 aliphatic carbocycles. The van der Waals surface area contributed by atoms with E-state index in [1.165, 1.54) is 6.42 Å². The van der Waals surface area contributed by atoms with Crippen LogP contribution in [-0.2, 0) is 4.79 Å². The summed E-state index contributed by atoms with van der Waals surface area (Å²) in [5.41, 5.74) is 0. The van der Waals surface area contributed by atoms with Gasteiger partial charge in [0.1, 0.15) is 5.78 Å². The van der Waals surface area contributed by atoms with Gasteiger partial charge in [0.15, 0.2) is 0 Å². The molecule has 0 saturated carbocycles. The molecule has 0 aliphatic heterocycles. The fraction of sp³-hybridized carbons (Fsp3) is 0.889. The summed E-state index contributed by atoms with van der Waals surface area (Å²) in [4.78, 5) is 10.8. The minimum atomic E-state index is 0.259. The number of hydrogen-bond acceptors (Lipinski definition) is 1. The van der Waals surface area contributed by atoms with Gasteiger partial charge in [0.25, 0.3) is 0 Å². The topological polar surface area (TPSA) is 17.1 Å². The van der Waals surface area contributed by atoms with Crippen LogP contribution in [0, 0.1) is 11.8 Å². The molecular formula is C9H18O. The zero-order chi connectivity index (χ0) is 8.15. The summed E-state index contributed by atoms with van der Waals surface area (Å²) < 4.78 is 0. The Morgan fingerprint density at radius 2 is 1.90 bits per heavy atom. The van der Waals surface area contributed by atoms with Gasteiger partial charge in [-0.05, 0) is 19.3 Å². The number of carbonyl (C=O) groups is 1. The molecule has 0 aromatic heterocycles. The highest BCUT2D eigenvalue weighted by molar-refractivity contribution is 5.77. The molecule has 2 atom stereocenters. The summed E-state index contributed by atoms with van der Waals surface area (Å²) in [6.07, 6.45) is 2.23. The third kappa shape index (κ3) is 3.65. The molecule has 0 spiro atoms. The van der Waals surface area contributed by atoms with Crippen molar-refractivity contribution in [2.75, 3.05) is 0 Å². The van der Waals surface area contributed by atoms with Gasteiger partial charge in [0, 0.05) is 5.92 Å². The van der Waals surface area contributed by atoms with Gasteiger partial charge < -0.3 is 0 Å². The first kappa shape index (κ1) is 9.67. The van der Waals surface area contributed by atoms with E-state index in [2.05, 4.69) is 13.8 Å². The summed E-state index contributed by atoms with van der Waals surface area (Å²) in [5.74, 6) is 1.27. The monoisotopic (exact) mass is 142 g/mol. The predicted octanol–water partition coefficient (Wildman–Crippen LogP) is 2.65. The molecule has 0 amide bonds. The standard InChI is InChI=1S/C9H18O/c1-5-7(2)6-8(3)9(4)10/h7-8H,5-6H2,1-4H3. The molecule has 0 aliphatic rings. The van der Waals surface area contributed by atoms with Crippen molar-refractivity contribution in [3.8, 4) is 0 Å². The quantitative estimate of drug-likeness (QED) is 0.589. The Labute approximate surface area is 63.8 Å². The number of rotatable bonds is 4. The molecule has 10 heavy (non-hydrogen) atoms. The van der Waals surface area contributed by atoms with Gasteiger partial charge in [-0.15, -0.1) is 0 Å². The highest BCUT2D eigenvalue weighted by Crippen LogP contribution is 2.14. The molecule has 0 aromatic rings. The molecule has 0 radical (unpaired) electrons. The Morgan fingerprint density at radius 1 is 1.40 bits per heavy atom. The van der Waals surface area contributed by atoms with E-state index in [-0.39, 0.29) is 5.92 Å². The van der Waals surface area contributed by atoms with E-state index in [9.17, 15) is 4.79 Å². The summed E-state index contributed by atoms with van der Waals surface area (Å²) in [7, 11) is 0. The Morgan fingerprint density at radius 3 is 2.20 bits per heavy atom. The highest BCUT2D eigenvalue weighted by atomic mass is 16.1. The van der Waals surface area contributed by atoms with E-state index < -0.39 is 0 Å². The summed E-state index contributed by atoms with van der Waals surface area (Å²) >= 11 is 0. The zero-order valence-electron chi connectivity index (χ0n) is 7.48. The molecule has 60 valence electrons. The Hall–Kier alpha value is -0.330. The second-order valence-corrected chi connectivity index (χ2v) is 3.26. The van der Waals surface area contributed by atoms with Crippen LogP contribution in [0.5, 0.6) is 0 Å². The molecule has 0 fully saturated rings. The van der Waals surface area contributed by atoms with E-state index in [1.54, 1.807) is 6.92 Å². The molecule has 0 N–H and O–H groups in total. The van der Waals surface area contributed by atoms with Crippen LogP contribution >= 0.6 is 0 Å². The van der Waals surface area contributed by atoms with Gasteiger partial charge in [0.2, 0.25) is 0 Å². The first-order valence-electron chi connectivity index (χ1n) is 4.08. The molecule has 1 nitrogen and oxygen atoms in total. The summed E-state index contributed by atoms with van der Waals surface area (Å²) in [5, 5.41) is 0. The van der Waals surface area contributed by atoms with E-state index in [0.29, 0.717) is 11.7 Å². The van der Waals surface area contributed by atoms with Crippen molar-refractivity contribution >= 4 is 5.78 Å². The lowest BCUT2D eigenvalue weighted by molar-refractivity contribution is -0.120. The third-order valence-electron chi connectivity index (χ3n) is 2.15. The van der Waals surface area contributed by atoms with Crippen LogP contribution < -0.4 is 0 Å². The van der Waals surface area contributed by atoms with Crippen molar-refractivity contribution in [2.45, 2.75) is 40.5 Å². The number of ketones is 1. The van der Waals surface area contributed by atoms with E-state index >= 15 is 0 Å². The van der Waals surface area contributed by atoms with Crippen LogP contribution in [-0.4, -0.2) is 5.78 Å². The third-order valence-corrected chi connectivity index (χ3v) is 2.15. The van der Waals surface area contributed by atoms with Crippen LogP contribution in [0.15, 0.2) is 0 Å². The molecular weight excluding hydrogens is 124 g/mol. The van der Waals surface area contributed by atoms with Gasteiger partial charge in [-0.3, -0.25) is 4.79 Å². The zero-order valence-corrected chi connectivity index (χ0v) is 7.48. The van der Waals surface area contributed by atoms with Crippen LogP contribution in [0.3, 0.4) is 0 Å². The van der Waals surface area contributed by atoms with Crippen LogP contribution in [0.2, 0.25) is 0 Å². The molecule has 2 unspecified atom stereocenters. The van der Waals surface area contributed by atoms with Crippen LogP contribution in [0.1, 0.15) is 40.5 Å². The number of Topliss-reactive ketones (excluding diaryl/α,β-unsaturated/α-hetero) is 1. The van der Waals surface area contributed by atoms with E-state index in [1.807, 2.05) is 6.92 Å². The Balaban J connectivity index is 3.56. The first-order chi connectivity index (χ1) is 4.57. The molecule has 0 saturated heterocycles. The first-order valence-corrected chi connectivity index (χ1v) is 4.08. The lowest BCUT2D eigenvalue weighted by Gasteiger charge is -2.11. The summed E-state index contributed by atoms with van der Waals surface area (Å²) in [6.45, 7) is 8.04. The smallest absolute Gasteiger partial charge is 0.132 e. The van der Waals surface area contributed by atoms with Crippen molar-refractivity contribution < 1.29 is 4.79 Å². The molecule has 0 aromatic carbocycles. The van der Waals surface area contributed by atoms with Crippen molar-refractivity contribution in [1.29, 1.82) is 0 Å². The fourth-order valence-corrected chi connectivity index (χ4v) is 0.936. The number of hydrogen-bond donors (Lipinski definition) is 0. The second kappa shape index (κ2) is 4.48. The predicted molar refractivity (Wildman–Crippen MR) is 43.9 cm³/mol. The maximum absolute atomic E-state index is 10.8. The molecule has 0 bridgehead atoms. The largest absolute Gasteiger partial charge is 0.300 e. The minimum absolute atomic E-state index is 0.259. The Kier molecular flexibility index (Phi) is 4.33. The maximum Gasteiger partial charge on any atom is 0.132 e. The SMILES string of the molecule is CCC(C)CC(C)C(C)=O. The van der Waals surface area contributed by atoms with Gasteiger partial charge >= 0.3 is 0 Å². The normalized spacial score (nSPS) is 16.4. The molecule has 0 heterocycles. The Bertz CT molecular complexity index is 107. The number of carbonyl (C=O) groups excluding carboxylic acids is 1. The average molecular weight is 142 g/mol. The van der Waals surface area contributed by atoms with Crippen LogP contribution in [0.25, 0.3) is 0 Å². The second-order valence-electron chi connectivity index (χ2n) is 3.26. The van der Waals surface area contributed by atoms with Gasteiger partial charge in [-0.1, -0.05) is 27.2 Å². The minimum Gasteiger partial charge on any atom is -0.300 e. The van der Waals surface area contributed by atoms with Crippen molar-refractivity contribution in [3.63, 3.8) is 0 Å². The molecule has 0 rings (SSSR count). The lowest BCUT2D eigenvalue weighted by atomic mass is 9.93. The van der Waals surface area contributed by atoms with Crippen molar-refractivity contribution in [1.82, 2.24) is 0 Å². The van der Waals surface area contributed by atoms with Crippen molar-refractivity contribution in [2.24, 2.45) is 11.8 Å². The average Bonchev–Trinajstić information content (AvgIpc) is 1.87. The van der Waals surface area contributed by atoms with Gasteiger partial charge in [0.05, 0.1) is 0 Å². The maximum atomic E-state index is 10.8. The summed E-state index contributed by atoms with van der Waals surface area (Å²) in [6, 6.07) is 0. The van der Waals surface area contributed by atoms with E-state index in [4.69, 9.17) is 0 Å². The van der Waals surface area contributed by atoms with Crippen LogP contribution in [0.4, 0.5) is 0 Å². The van der Waals surface area contributed by atoms with Gasteiger partial charge in [-0.25, -0.2) is 0 Å². The lowest BCUT2D eigenvalue weighted by Crippen LogP contribution is -2.10.